The second kappa shape index (κ2) is 16.9. The molecule has 1 fully saturated rings. The van der Waals surface area contributed by atoms with Crippen LogP contribution in [0.4, 0.5) is 4.39 Å². The fraction of sp³-hybridized carbons (Fsp3) is 0.576. The molecule has 5 nitrogen and oxygen atoms in total. The number of halogens is 1. The molecule has 1 aliphatic rings. The Morgan fingerprint density at radius 3 is 2.08 bits per heavy atom. The average molecular weight is 541 g/mol. The molecule has 1 saturated carbocycles. The molecule has 2 aromatic rings. The molecule has 3 rings (SSSR count). The first-order chi connectivity index (χ1) is 19.0. The van der Waals surface area contributed by atoms with Gasteiger partial charge in [-0.2, -0.15) is 0 Å². The molecule has 0 spiro atoms. The third-order valence-electron chi connectivity index (χ3n) is 7.44. The van der Waals surface area contributed by atoms with Crippen molar-refractivity contribution in [3.8, 4) is 11.5 Å². The molecule has 214 valence electrons. The molecule has 2 aromatic carbocycles. The minimum absolute atomic E-state index is 0.207. The molecule has 0 bridgehead atoms. The summed E-state index contributed by atoms with van der Waals surface area (Å²) in [5.41, 5.74) is 1.64. The monoisotopic (exact) mass is 540 g/mol. The summed E-state index contributed by atoms with van der Waals surface area (Å²) in [6.07, 6.45) is 10.6. The van der Waals surface area contributed by atoms with E-state index >= 15 is 0 Å². The average Bonchev–Trinajstić information content (AvgIpc) is 2.96. The summed E-state index contributed by atoms with van der Waals surface area (Å²) in [5, 5.41) is 0. The quantitative estimate of drug-likeness (QED) is 0.121. The van der Waals surface area contributed by atoms with Gasteiger partial charge in [0, 0.05) is 0 Å². The first kappa shape index (κ1) is 30.6. The lowest BCUT2D eigenvalue weighted by molar-refractivity contribution is -0.157. The maximum Gasteiger partial charge on any atom is 0.343 e. The van der Waals surface area contributed by atoms with E-state index in [9.17, 15) is 14.0 Å². The summed E-state index contributed by atoms with van der Waals surface area (Å²) >= 11 is 0. The molecule has 1 aliphatic carbocycles. The van der Waals surface area contributed by atoms with Gasteiger partial charge in [0.25, 0.3) is 0 Å². The van der Waals surface area contributed by atoms with Crippen LogP contribution in [0.25, 0.3) is 0 Å². The highest BCUT2D eigenvalue weighted by atomic mass is 19.1. The highest BCUT2D eigenvalue weighted by Crippen LogP contribution is 2.35. The summed E-state index contributed by atoms with van der Waals surface area (Å²) in [6, 6.07) is 14.7. The van der Waals surface area contributed by atoms with E-state index in [-0.39, 0.29) is 12.5 Å². The molecular formula is C33H45FO5. The van der Waals surface area contributed by atoms with Crippen molar-refractivity contribution in [1.82, 2.24) is 0 Å². The Balaban J connectivity index is 1.38. The van der Waals surface area contributed by atoms with Crippen LogP contribution in [0.1, 0.15) is 119 Å². The van der Waals surface area contributed by atoms with Gasteiger partial charge in [-0.25, -0.2) is 14.0 Å². The maximum atomic E-state index is 13.9. The Labute approximate surface area is 233 Å². The minimum atomic E-state index is -1.51. The summed E-state index contributed by atoms with van der Waals surface area (Å²) in [6.45, 7) is 4.88. The van der Waals surface area contributed by atoms with Gasteiger partial charge in [-0.3, -0.25) is 0 Å². The van der Waals surface area contributed by atoms with Crippen molar-refractivity contribution < 1.29 is 28.2 Å². The lowest BCUT2D eigenvalue weighted by Crippen LogP contribution is -2.28. The normalized spacial score (nSPS) is 17.8. The standard InChI is InChI=1S/C33H45FO5/c1-3-5-7-8-9-10-24-37-28-18-16-27(17-19-28)32(35)38-29-20-12-25(13-21-29)26-14-22-30(23-15-26)39-33(36)31(34)11-6-4-2/h12-13,16-21,26,30-31H,3-11,14-15,22-24H2,1-2H3/t26-,30-,31-/m0/s1. The van der Waals surface area contributed by atoms with Crippen LogP contribution in [0.15, 0.2) is 48.5 Å². The molecule has 0 aromatic heterocycles. The Hall–Kier alpha value is -2.89. The summed E-state index contributed by atoms with van der Waals surface area (Å²) in [7, 11) is 0. The SMILES string of the molecule is CCCCCCCCOc1ccc(C(=O)Oc2ccc([C@H]3CC[C@H](OC(=O)[C@@H](F)CCCC)CC3)cc2)cc1. The van der Waals surface area contributed by atoms with Crippen molar-refractivity contribution in [2.24, 2.45) is 0 Å². The molecule has 6 heteroatoms. The van der Waals surface area contributed by atoms with E-state index in [0.29, 0.717) is 30.3 Å². The van der Waals surface area contributed by atoms with Crippen LogP contribution in [0, 0.1) is 0 Å². The van der Waals surface area contributed by atoms with Crippen LogP contribution in [-0.2, 0) is 9.53 Å². The second-order valence-corrected chi connectivity index (χ2v) is 10.6. The molecule has 0 aliphatic heterocycles. The number of carbonyl (C=O) groups excluding carboxylic acids is 2. The number of unbranched alkanes of at least 4 members (excludes halogenated alkanes) is 6. The highest BCUT2D eigenvalue weighted by molar-refractivity contribution is 5.91. The molecule has 39 heavy (non-hydrogen) atoms. The smallest absolute Gasteiger partial charge is 0.343 e. The van der Waals surface area contributed by atoms with Crippen LogP contribution in [0.3, 0.4) is 0 Å². The molecule has 0 unspecified atom stereocenters. The summed E-state index contributed by atoms with van der Waals surface area (Å²) in [4.78, 5) is 24.6. The third-order valence-corrected chi connectivity index (χ3v) is 7.44. The van der Waals surface area contributed by atoms with E-state index in [0.717, 1.165) is 49.8 Å². The van der Waals surface area contributed by atoms with Gasteiger partial charge in [0.05, 0.1) is 12.2 Å². The highest BCUT2D eigenvalue weighted by Gasteiger charge is 2.27. The first-order valence-corrected chi connectivity index (χ1v) is 14.9. The van der Waals surface area contributed by atoms with Gasteiger partial charge in [0.2, 0.25) is 0 Å². The van der Waals surface area contributed by atoms with Crippen LogP contribution in [0.5, 0.6) is 11.5 Å². The van der Waals surface area contributed by atoms with E-state index in [4.69, 9.17) is 14.2 Å². The number of benzene rings is 2. The van der Waals surface area contributed by atoms with Gasteiger partial charge in [-0.05, 0) is 86.4 Å². The Bertz CT molecular complexity index is 980. The number of alkyl halides is 1. The number of hydrogen-bond donors (Lipinski definition) is 0. The zero-order valence-corrected chi connectivity index (χ0v) is 23.7. The predicted molar refractivity (Wildman–Crippen MR) is 152 cm³/mol. The number of esters is 2. The molecular weight excluding hydrogens is 495 g/mol. The lowest BCUT2D eigenvalue weighted by atomic mass is 9.83. The van der Waals surface area contributed by atoms with E-state index in [2.05, 4.69) is 6.92 Å². The Morgan fingerprint density at radius 2 is 1.41 bits per heavy atom. The summed E-state index contributed by atoms with van der Waals surface area (Å²) in [5.74, 6) is 0.478. The second-order valence-electron chi connectivity index (χ2n) is 10.6. The zero-order valence-electron chi connectivity index (χ0n) is 23.7. The van der Waals surface area contributed by atoms with Gasteiger partial charge in [-0.15, -0.1) is 0 Å². The van der Waals surface area contributed by atoms with Gasteiger partial charge in [0.1, 0.15) is 17.6 Å². The fourth-order valence-corrected chi connectivity index (χ4v) is 4.99. The van der Waals surface area contributed by atoms with Crippen LogP contribution < -0.4 is 9.47 Å². The van der Waals surface area contributed by atoms with E-state index in [1.807, 2.05) is 43.3 Å². The lowest BCUT2D eigenvalue weighted by Gasteiger charge is -2.29. The number of rotatable bonds is 16. The zero-order chi connectivity index (χ0) is 27.9. The third kappa shape index (κ3) is 10.7. The maximum absolute atomic E-state index is 13.9. The van der Waals surface area contributed by atoms with Crippen molar-refractivity contribution in [3.63, 3.8) is 0 Å². The number of carbonyl (C=O) groups is 2. The van der Waals surface area contributed by atoms with Crippen molar-refractivity contribution in [2.45, 2.75) is 116 Å². The van der Waals surface area contributed by atoms with Crippen LogP contribution in [-0.4, -0.2) is 30.8 Å². The van der Waals surface area contributed by atoms with Crippen molar-refractivity contribution in [2.75, 3.05) is 6.61 Å². The number of hydrogen-bond acceptors (Lipinski definition) is 5. The topological polar surface area (TPSA) is 61.8 Å². The van der Waals surface area contributed by atoms with Crippen molar-refractivity contribution in [1.29, 1.82) is 0 Å². The van der Waals surface area contributed by atoms with Gasteiger partial charge >= 0.3 is 11.9 Å². The number of ether oxygens (including phenoxy) is 3. The van der Waals surface area contributed by atoms with E-state index in [1.54, 1.807) is 12.1 Å². The van der Waals surface area contributed by atoms with Crippen LogP contribution >= 0.6 is 0 Å². The molecule has 0 saturated heterocycles. The molecule has 0 N–H and O–H groups in total. The van der Waals surface area contributed by atoms with E-state index in [1.165, 1.54) is 32.1 Å². The van der Waals surface area contributed by atoms with Crippen molar-refractivity contribution >= 4 is 11.9 Å². The molecule has 1 atom stereocenters. The minimum Gasteiger partial charge on any atom is -0.494 e. The molecule has 0 amide bonds. The van der Waals surface area contributed by atoms with Gasteiger partial charge in [0.15, 0.2) is 6.17 Å². The van der Waals surface area contributed by atoms with E-state index < -0.39 is 18.1 Å². The van der Waals surface area contributed by atoms with Crippen molar-refractivity contribution in [3.05, 3.63) is 59.7 Å². The fourth-order valence-electron chi connectivity index (χ4n) is 4.99. The van der Waals surface area contributed by atoms with Gasteiger partial charge < -0.3 is 14.2 Å². The molecule has 0 radical (unpaired) electrons. The Kier molecular flexibility index (Phi) is 13.3. The summed E-state index contributed by atoms with van der Waals surface area (Å²) < 4.78 is 30.7. The first-order valence-electron chi connectivity index (χ1n) is 14.9. The largest absolute Gasteiger partial charge is 0.494 e. The van der Waals surface area contributed by atoms with Gasteiger partial charge in [-0.1, -0.05) is 70.9 Å². The Morgan fingerprint density at radius 1 is 0.795 bits per heavy atom. The predicted octanol–water partition coefficient (Wildman–Crippen LogP) is 8.74. The van der Waals surface area contributed by atoms with Crippen LogP contribution in [0.2, 0.25) is 0 Å². The molecule has 0 heterocycles.